The van der Waals surface area contributed by atoms with Crippen LogP contribution in [0.15, 0.2) is 29.1 Å². The second-order valence-electron chi connectivity index (χ2n) is 3.10. The maximum Gasteiger partial charge on any atom is 0.260 e. The molecule has 1 amide bonds. The number of carbonyl (C=O) groups is 1. The van der Waals surface area contributed by atoms with Crippen LogP contribution in [0.3, 0.4) is 0 Å². The van der Waals surface area contributed by atoms with E-state index in [4.69, 9.17) is 16.0 Å². The second kappa shape index (κ2) is 4.32. The number of amides is 1. The van der Waals surface area contributed by atoms with Gasteiger partial charge in [0.05, 0.1) is 5.56 Å². The number of hydrogen-bond acceptors (Lipinski definition) is 4. The lowest BCUT2D eigenvalue weighted by molar-refractivity contribution is 0.102. The fourth-order valence-electron chi connectivity index (χ4n) is 1.15. The van der Waals surface area contributed by atoms with Gasteiger partial charge in [-0.3, -0.25) is 4.79 Å². The van der Waals surface area contributed by atoms with E-state index in [-0.39, 0.29) is 16.9 Å². The molecule has 1 N–H and O–H groups in total. The zero-order chi connectivity index (χ0) is 11.5. The number of furan rings is 1. The SMILES string of the molecule is Cc1cc(C(=O)Nc2nccnc2Cl)co1. The minimum Gasteiger partial charge on any atom is -0.469 e. The Morgan fingerprint density at radius 2 is 2.19 bits per heavy atom. The standard InChI is InChI=1S/C10H8ClN3O2/c1-6-4-7(5-16-6)10(15)14-9-8(11)12-2-3-13-9/h2-5H,1H3,(H,13,14,15). The van der Waals surface area contributed by atoms with Crippen molar-refractivity contribution < 1.29 is 9.21 Å². The third-order valence-electron chi connectivity index (χ3n) is 1.88. The molecule has 2 aromatic heterocycles. The highest BCUT2D eigenvalue weighted by Crippen LogP contribution is 2.16. The van der Waals surface area contributed by atoms with E-state index < -0.39 is 0 Å². The first-order valence-electron chi connectivity index (χ1n) is 4.50. The van der Waals surface area contributed by atoms with Crippen LogP contribution in [0.1, 0.15) is 16.1 Å². The molecule has 0 bridgehead atoms. The van der Waals surface area contributed by atoms with Crippen molar-refractivity contribution in [2.75, 3.05) is 5.32 Å². The van der Waals surface area contributed by atoms with Gasteiger partial charge in [-0.2, -0.15) is 0 Å². The fourth-order valence-corrected chi connectivity index (χ4v) is 1.30. The van der Waals surface area contributed by atoms with Crippen LogP contribution in [0, 0.1) is 6.92 Å². The number of carbonyl (C=O) groups excluding carboxylic acids is 1. The Morgan fingerprint density at radius 1 is 1.44 bits per heavy atom. The molecule has 0 aliphatic rings. The molecule has 16 heavy (non-hydrogen) atoms. The fraction of sp³-hybridized carbons (Fsp3) is 0.100. The molecule has 0 fully saturated rings. The number of rotatable bonds is 2. The van der Waals surface area contributed by atoms with Crippen LogP contribution < -0.4 is 5.32 Å². The van der Waals surface area contributed by atoms with E-state index in [9.17, 15) is 4.79 Å². The van der Waals surface area contributed by atoms with Crippen LogP contribution in [0.25, 0.3) is 0 Å². The Labute approximate surface area is 96.5 Å². The molecule has 0 saturated heterocycles. The molecule has 0 saturated carbocycles. The number of halogens is 1. The third kappa shape index (κ3) is 2.20. The summed E-state index contributed by atoms with van der Waals surface area (Å²) in [6.07, 6.45) is 4.26. The van der Waals surface area contributed by atoms with Gasteiger partial charge in [-0.05, 0) is 13.0 Å². The van der Waals surface area contributed by atoms with Gasteiger partial charge >= 0.3 is 0 Å². The van der Waals surface area contributed by atoms with E-state index in [1.807, 2.05) is 0 Å². The first-order chi connectivity index (χ1) is 7.66. The zero-order valence-electron chi connectivity index (χ0n) is 8.40. The number of anilines is 1. The van der Waals surface area contributed by atoms with Gasteiger partial charge in [-0.25, -0.2) is 9.97 Å². The summed E-state index contributed by atoms with van der Waals surface area (Å²) in [5.74, 6) is 0.558. The first-order valence-corrected chi connectivity index (χ1v) is 4.87. The predicted molar refractivity (Wildman–Crippen MR) is 58.4 cm³/mol. The Morgan fingerprint density at radius 3 is 2.81 bits per heavy atom. The van der Waals surface area contributed by atoms with E-state index in [1.54, 1.807) is 13.0 Å². The van der Waals surface area contributed by atoms with E-state index in [0.29, 0.717) is 11.3 Å². The topological polar surface area (TPSA) is 68.0 Å². The predicted octanol–water partition coefficient (Wildman–Crippen LogP) is 2.28. The monoisotopic (exact) mass is 237 g/mol. The number of nitrogens with one attached hydrogen (secondary N) is 1. The number of hydrogen-bond donors (Lipinski definition) is 1. The summed E-state index contributed by atoms with van der Waals surface area (Å²) in [4.78, 5) is 19.4. The Bertz CT molecular complexity index is 524. The molecular weight excluding hydrogens is 230 g/mol. The van der Waals surface area contributed by atoms with Crippen molar-refractivity contribution in [3.05, 3.63) is 41.2 Å². The van der Waals surface area contributed by atoms with Crippen LogP contribution in [0.5, 0.6) is 0 Å². The smallest absolute Gasteiger partial charge is 0.260 e. The minimum absolute atomic E-state index is 0.149. The summed E-state index contributed by atoms with van der Waals surface area (Å²) in [5, 5.41) is 2.68. The van der Waals surface area contributed by atoms with Crippen molar-refractivity contribution in [1.82, 2.24) is 9.97 Å². The minimum atomic E-state index is -0.334. The molecule has 0 radical (unpaired) electrons. The second-order valence-corrected chi connectivity index (χ2v) is 3.45. The van der Waals surface area contributed by atoms with Gasteiger partial charge in [0.1, 0.15) is 12.0 Å². The van der Waals surface area contributed by atoms with Crippen molar-refractivity contribution >= 4 is 23.3 Å². The van der Waals surface area contributed by atoms with Gasteiger partial charge in [0.15, 0.2) is 11.0 Å². The van der Waals surface area contributed by atoms with Gasteiger partial charge in [0.25, 0.3) is 5.91 Å². The first kappa shape index (κ1) is 10.6. The molecule has 0 spiro atoms. The van der Waals surface area contributed by atoms with Crippen molar-refractivity contribution in [3.8, 4) is 0 Å². The van der Waals surface area contributed by atoms with Crippen LogP contribution in [0.2, 0.25) is 5.15 Å². The van der Waals surface area contributed by atoms with E-state index in [0.717, 1.165) is 0 Å². The number of nitrogens with zero attached hydrogens (tertiary/aromatic N) is 2. The highest BCUT2D eigenvalue weighted by Gasteiger charge is 2.11. The number of aromatic nitrogens is 2. The molecular formula is C10H8ClN3O2. The maximum absolute atomic E-state index is 11.7. The molecule has 0 aliphatic heterocycles. The van der Waals surface area contributed by atoms with Crippen LogP contribution in [0.4, 0.5) is 5.82 Å². The van der Waals surface area contributed by atoms with Gasteiger partial charge in [0.2, 0.25) is 0 Å². The Kier molecular flexibility index (Phi) is 2.87. The summed E-state index contributed by atoms with van der Waals surface area (Å²) in [7, 11) is 0. The van der Waals surface area contributed by atoms with Crippen molar-refractivity contribution in [3.63, 3.8) is 0 Å². The molecule has 2 aromatic rings. The van der Waals surface area contributed by atoms with Gasteiger partial charge in [-0.1, -0.05) is 11.6 Å². The molecule has 82 valence electrons. The summed E-state index contributed by atoms with van der Waals surface area (Å²) in [5.41, 5.74) is 0.416. The van der Waals surface area contributed by atoms with Crippen molar-refractivity contribution in [2.45, 2.75) is 6.92 Å². The van der Waals surface area contributed by atoms with Crippen LogP contribution in [-0.2, 0) is 0 Å². The molecule has 0 unspecified atom stereocenters. The van der Waals surface area contributed by atoms with Crippen molar-refractivity contribution in [2.24, 2.45) is 0 Å². The third-order valence-corrected chi connectivity index (χ3v) is 2.15. The van der Waals surface area contributed by atoms with Gasteiger partial charge in [0, 0.05) is 12.4 Å². The molecule has 2 rings (SSSR count). The molecule has 5 nitrogen and oxygen atoms in total. The molecule has 2 heterocycles. The lowest BCUT2D eigenvalue weighted by atomic mass is 10.3. The summed E-state index contributed by atoms with van der Waals surface area (Å²) >= 11 is 5.75. The molecule has 0 aliphatic carbocycles. The zero-order valence-corrected chi connectivity index (χ0v) is 9.15. The maximum atomic E-state index is 11.7. The van der Waals surface area contributed by atoms with Gasteiger partial charge in [-0.15, -0.1) is 0 Å². The molecule has 6 heteroatoms. The molecule has 0 aromatic carbocycles. The van der Waals surface area contributed by atoms with E-state index >= 15 is 0 Å². The average Bonchev–Trinajstić information content (AvgIpc) is 2.68. The van der Waals surface area contributed by atoms with E-state index in [2.05, 4.69) is 15.3 Å². The normalized spacial score (nSPS) is 10.1. The number of aryl methyl sites for hydroxylation is 1. The lowest BCUT2D eigenvalue weighted by Crippen LogP contribution is -2.12. The van der Waals surface area contributed by atoms with E-state index in [1.165, 1.54) is 18.7 Å². The Balaban J connectivity index is 2.17. The van der Waals surface area contributed by atoms with Crippen LogP contribution in [-0.4, -0.2) is 15.9 Å². The summed E-state index contributed by atoms with van der Waals surface area (Å²) in [6.45, 7) is 1.76. The summed E-state index contributed by atoms with van der Waals surface area (Å²) < 4.78 is 5.02. The Hall–Kier alpha value is -1.88. The quantitative estimate of drug-likeness (QED) is 0.870. The van der Waals surface area contributed by atoms with Crippen LogP contribution >= 0.6 is 11.6 Å². The summed E-state index contributed by atoms with van der Waals surface area (Å²) in [6, 6.07) is 1.62. The largest absolute Gasteiger partial charge is 0.469 e. The average molecular weight is 238 g/mol. The highest BCUT2D eigenvalue weighted by molar-refractivity contribution is 6.32. The van der Waals surface area contributed by atoms with Gasteiger partial charge < -0.3 is 9.73 Å². The highest BCUT2D eigenvalue weighted by atomic mass is 35.5. The lowest BCUT2D eigenvalue weighted by Gasteiger charge is -2.02. The van der Waals surface area contributed by atoms with Crippen molar-refractivity contribution in [1.29, 1.82) is 0 Å². The molecule has 0 atom stereocenters.